The third kappa shape index (κ3) is 10.2. The maximum atomic E-state index is 11.0. The number of ether oxygens (including phenoxy) is 2. The summed E-state index contributed by atoms with van der Waals surface area (Å²) in [5.74, 6) is 0.0210. The molecule has 32 heavy (non-hydrogen) atoms. The van der Waals surface area contributed by atoms with Gasteiger partial charge in [-0.15, -0.1) is 6.58 Å². The van der Waals surface area contributed by atoms with E-state index in [4.69, 9.17) is 9.47 Å². The first-order valence-electron chi connectivity index (χ1n) is 11.8. The van der Waals surface area contributed by atoms with Crippen LogP contribution in [0.3, 0.4) is 0 Å². The van der Waals surface area contributed by atoms with Crippen LogP contribution in [0.5, 0.6) is 0 Å². The summed E-state index contributed by atoms with van der Waals surface area (Å²) in [5, 5.41) is 0. The van der Waals surface area contributed by atoms with Gasteiger partial charge in [0.2, 0.25) is 0 Å². The first kappa shape index (κ1) is 25.8. The van der Waals surface area contributed by atoms with Gasteiger partial charge >= 0.3 is 0 Å². The van der Waals surface area contributed by atoms with E-state index in [2.05, 4.69) is 49.9 Å². The van der Waals surface area contributed by atoms with E-state index in [1.54, 1.807) is 0 Å². The Balaban J connectivity index is 2.02. The fourth-order valence-electron chi connectivity index (χ4n) is 3.61. The number of hydrogen-bond acceptors (Lipinski definition) is 3. The molecular weight excluding hydrogens is 396 g/mol. The smallest absolute Gasteiger partial charge is 0.120 e. The standard InChI is InChI=1S/C29H38O3/c1-3-5-8-18-28(31-23-25-14-9-6-10-15-25)21-20-27(4-2)29(19-13-22-30)32-24-26-16-11-7-12-17-26/h4,6-7,9-12,14-17,20-22,27-29H,2-3,5,8,13,18-19,23-24H2,1H3/t27-,28-,29+/m0/s1. The molecule has 2 rings (SSSR count). The van der Waals surface area contributed by atoms with Crippen LogP contribution in [-0.2, 0) is 27.5 Å². The van der Waals surface area contributed by atoms with Crippen molar-refractivity contribution in [3.05, 3.63) is 96.6 Å². The summed E-state index contributed by atoms with van der Waals surface area (Å²) in [6, 6.07) is 20.4. The maximum Gasteiger partial charge on any atom is 0.120 e. The van der Waals surface area contributed by atoms with E-state index in [-0.39, 0.29) is 18.1 Å². The summed E-state index contributed by atoms with van der Waals surface area (Å²) >= 11 is 0. The highest BCUT2D eigenvalue weighted by Crippen LogP contribution is 2.20. The number of rotatable bonds is 17. The first-order valence-corrected chi connectivity index (χ1v) is 11.8. The molecule has 2 aromatic carbocycles. The Morgan fingerprint density at radius 2 is 1.47 bits per heavy atom. The van der Waals surface area contributed by atoms with Crippen molar-refractivity contribution in [2.45, 2.75) is 70.9 Å². The van der Waals surface area contributed by atoms with E-state index in [0.29, 0.717) is 26.1 Å². The summed E-state index contributed by atoms with van der Waals surface area (Å²) in [6.07, 6.45) is 12.8. The minimum Gasteiger partial charge on any atom is -0.373 e. The predicted octanol–water partition coefficient (Wildman–Crippen LogP) is 7.08. The first-order chi connectivity index (χ1) is 15.8. The Kier molecular flexibility index (Phi) is 13.0. The fraction of sp³-hybridized carbons (Fsp3) is 0.414. The van der Waals surface area contributed by atoms with Crippen molar-refractivity contribution in [3.8, 4) is 0 Å². The van der Waals surface area contributed by atoms with E-state index in [1.807, 2.05) is 42.5 Å². The lowest BCUT2D eigenvalue weighted by atomic mass is 9.96. The van der Waals surface area contributed by atoms with Crippen LogP contribution in [0.25, 0.3) is 0 Å². The fourth-order valence-corrected chi connectivity index (χ4v) is 3.61. The van der Waals surface area contributed by atoms with Gasteiger partial charge in [0.1, 0.15) is 6.29 Å². The second kappa shape index (κ2) is 16.2. The van der Waals surface area contributed by atoms with Crippen LogP contribution in [-0.4, -0.2) is 18.5 Å². The van der Waals surface area contributed by atoms with E-state index >= 15 is 0 Å². The highest BCUT2D eigenvalue weighted by atomic mass is 16.5. The molecule has 3 atom stereocenters. The molecule has 0 amide bonds. The Morgan fingerprint density at radius 1 is 0.844 bits per heavy atom. The zero-order chi connectivity index (χ0) is 22.9. The molecule has 0 heterocycles. The van der Waals surface area contributed by atoms with Gasteiger partial charge < -0.3 is 14.3 Å². The van der Waals surface area contributed by atoms with Crippen molar-refractivity contribution >= 4 is 6.29 Å². The molecular formula is C29H38O3. The monoisotopic (exact) mass is 434 g/mol. The lowest BCUT2D eigenvalue weighted by Gasteiger charge is -2.23. The Hall–Kier alpha value is -2.49. The molecule has 0 aliphatic heterocycles. The highest BCUT2D eigenvalue weighted by molar-refractivity contribution is 5.49. The number of carbonyl (C=O) groups is 1. The summed E-state index contributed by atoms with van der Waals surface area (Å²) in [5.41, 5.74) is 2.30. The number of benzene rings is 2. The molecule has 0 unspecified atom stereocenters. The van der Waals surface area contributed by atoms with Gasteiger partial charge in [-0.1, -0.05) is 105 Å². The predicted molar refractivity (Wildman–Crippen MR) is 132 cm³/mol. The van der Waals surface area contributed by atoms with Gasteiger partial charge in [-0.05, 0) is 24.0 Å². The second-order valence-corrected chi connectivity index (χ2v) is 8.11. The largest absolute Gasteiger partial charge is 0.373 e. The van der Waals surface area contributed by atoms with Gasteiger partial charge in [0.05, 0.1) is 25.4 Å². The Bertz CT molecular complexity index is 770. The molecule has 0 aliphatic carbocycles. The van der Waals surface area contributed by atoms with Crippen LogP contribution in [0.2, 0.25) is 0 Å². The van der Waals surface area contributed by atoms with Crippen molar-refractivity contribution in [2.75, 3.05) is 0 Å². The van der Waals surface area contributed by atoms with E-state index in [1.165, 1.54) is 18.4 Å². The third-order valence-electron chi connectivity index (χ3n) is 5.52. The highest BCUT2D eigenvalue weighted by Gasteiger charge is 2.18. The SMILES string of the molecule is C=C[C@@H](C=C[C@H](CCCCC)OCc1ccccc1)[C@@H](CCC=O)OCc1ccccc1. The summed E-state index contributed by atoms with van der Waals surface area (Å²) < 4.78 is 12.5. The van der Waals surface area contributed by atoms with Crippen molar-refractivity contribution in [3.63, 3.8) is 0 Å². The number of unbranched alkanes of at least 4 members (excludes halogenated alkanes) is 2. The van der Waals surface area contributed by atoms with Gasteiger partial charge in [-0.3, -0.25) is 0 Å². The molecule has 0 fully saturated rings. The maximum absolute atomic E-state index is 11.0. The average molecular weight is 435 g/mol. The topological polar surface area (TPSA) is 35.5 Å². The summed E-state index contributed by atoms with van der Waals surface area (Å²) in [6.45, 7) is 7.36. The lowest BCUT2D eigenvalue weighted by Crippen LogP contribution is -2.22. The van der Waals surface area contributed by atoms with Crippen LogP contribution in [0.4, 0.5) is 0 Å². The Labute approximate surface area is 194 Å². The van der Waals surface area contributed by atoms with Gasteiger partial charge in [0.15, 0.2) is 0 Å². The van der Waals surface area contributed by atoms with Crippen molar-refractivity contribution in [1.29, 1.82) is 0 Å². The molecule has 2 aromatic rings. The van der Waals surface area contributed by atoms with Crippen LogP contribution >= 0.6 is 0 Å². The average Bonchev–Trinajstić information content (AvgIpc) is 2.84. The van der Waals surface area contributed by atoms with E-state index in [9.17, 15) is 4.79 Å². The third-order valence-corrected chi connectivity index (χ3v) is 5.52. The van der Waals surface area contributed by atoms with Crippen LogP contribution in [0.1, 0.15) is 56.6 Å². The lowest BCUT2D eigenvalue weighted by molar-refractivity contribution is -0.108. The molecule has 0 saturated carbocycles. The molecule has 0 saturated heterocycles. The molecule has 0 aromatic heterocycles. The number of hydrogen-bond donors (Lipinski definition) is 0. The molecule has 0 aliphatic rings. The quantitative estimate of drug-likeness (QED) is 0.152. The van der Waals surface area contributed by atoms with Crippen molar-refractivity contribution in [2.24, 2.45) is 5.92 Å². The summed E-state index contributed by atoms with van der Waals surface area (Å²) in [7, 11) is 0. The zero-order valence-corrected chi connectivity index (χ0v) is 19.4. The van der Waals surface area contributed by atoms with Crippen molar-refractivity contribution < 1.29 is 14.3 Å². The normalized spacial score (nSPS) is 14.2. The molecule has 0 radical (unpaired) electrons. The zero-order valence-electron chi connectivity index (χ0n) is 19.4. The molecule has 0 spiro atoms. The molecule has 0 bridgehead atoms. The molecule has 172 valence electrons. The van der Waals surface area contributed by atoms with E-state index < -0.39 is 0 Å². The Morgan fingerprint density at radius 3 is 2.03 bits per heavy atom. The molecule has 3 heteroatoms. The summed E-state index contributed by atoms with van der Waals surface area (Å²) in [4.78, 5) is 11.0. The molecule has 0 N–H and O–H groups in total. The number of aldehydes is 1. The van der Waals surface area contributed by atoms with Gasteiger partial charge in [0, 0.05) is 12.3 Å². The molecule has 3 nitrogen and oxygen atoms in total. The van der Waals surface area contributed by atoms with Gasteiger partial charge in [0.25, 0.3) is 0 Å². The van der Waals surface area contributed by atoms with E-state index in [0.717, 1.165) is 24.7 Å². The van der Waals surface area contributed by atoms with Gasteiger partial charge in [-0.25, -0.2) is 0 Å². The minimum absolute atomic E-state index is 0.0210. The number of carbonyl (C=O) groups excluding carboxylic acids is 1. The van der Waals surface area contributed by atoms with Gasteiger partial charge in [-0.2, -0.15) is 0 Å². The van der Waals surface area contributed by atoms with Crippen molar-refractivity contribution in [1.82, 2.24) is 0 Å². The van der Waals surface area contributed by atoms with Crippen LogP contribution < -0.4 is 0 Å². The van der Waals surface area contributed by atoms with Crippen LogP contribution in [0.15, 0.2) is 85.5 Å². The van der Waals surface area contributed by atoms with Crippen LogP contribution in [0, 0.1) is 5.92 Å². The minimum atomic E-state index is -0.0976. The second-order valence-electron chi connectivity index (χ2n) is 8.11.